The van der Waals surface area contributed by atoms with Crippen molar-refractivity contribution in [2.45, 2.75) is 0 Å². The van der Waals surface area contributed by atoms with Crippen molar-refractivity contribution in [2.24, 2.45) is 0 Å². The number of rotatable bonds is 2. The summed E-state index contributed by atoms with van der Waals surface area (Å²) in [5.74, 6) is 1.49. The average molecular weight is 257 g/mol. The lowest BCUT2D eigenvalue weighted by Crippen LogP contribution is -2.34. The minimum absolute atomic E-state index is 0.177. The lowest BCUT2D eigenvalue weighted by molar-refractivity contribution is 0.0697. The molecule has 1 aliphatic heterocycles. The first kappa shape index (κ1) is 11.4. The van der Waals surface area contributed by atoms with Crippen LogP contribution in [0.4, 0.5) is 5.82 Å². The maximum Gasteiger partial charge on any atom is 0.339 e. The molecule has 0 saturated carbocycles. The van der Waals surface area contributed by atoms with Crippen LogP contribution < -0.4 is 4.90 Å². The van der Waals surface area contributed by atoms with Crippen LogP contribution >= 0.6 is 24.0 Å². The van der Waals surface area contributed by atoms with Crippen LogP contribution in [0.1, 0.15) is 10.4 Å². The number of hydrogen-bond donors (Lipinski definition) is 2. The average Bonchev–Trinajstić information content (AvgIpc) is 2.30. The number of aromatic amines is 1. The molecule has 0 bridgehead atoms. The third kappa shape index (κ3) is 2.35. The Morgan fingerprint density at radius 2 is 2.25 bits per heavy atom. The fourth-order valence-electron chi connectivity index (χ4n) is 1.57. The van der Waals surface area contributed by atoms with E-state index in [4.69, 9.17) is 17.3 Å². The molecule has 86 valence electrons. The van der Waals surface area contributed by atoms with Gasteiger partial charge in [-0.3, -0.25) is 5.10 Å². The molecule has 16 heavy (non-hydrogen) atoms. The van der Waals surface area contributed by atoms with Gasteiger partial charge in [-0.2, -0.15) is 16.9 Å². The fraction of sp³-hybridized carbons (Fsp3) is 0.444. The standard InChI is InChI=1S/C9H11N3O2S2/c13-9(14)6-5-7(15)10-11-8(6)12-1-3-16-4-2-12/h5H,1-4H2,(H,10,15)(H,13,14). The van der Waals surface area contributed by atoms with Gasteiger partial charge in [-0.1, -0.05) is 12.2 Å². The summed E-state index contributed by atoms with van der Waals surface area (Å²) in [5, 5.41) is 15.8. The topological polar surface area (TPSA) is 69.2 Å². The maximum absolute atomic E-state index is 11.1. The van der Waals surface area contributed by atoms with Gasteiger partial charge in [0, 0.05) is 24.6 Å². The Balaban J connectivity index is 2.38. The van der Waals surface area contributed by atoms with E-state index in [0.29, 0.717) is 10.5 Å². The van der Waals surface area contributed by atoms with E-state index < -0.39 is 5.97 Å². The van der Waals surface area contributed by atoms with Crippen molar-refractivity contribution in [3.05, 3.63) is 16.3 Å². The fourth-order valence-corrected chi connectivity index (χ4v) is 2.64. The molecule has 2 N–H and O–H groups in total. The second-order valence-electron chi connectivity index (χ2n) is 3.37. The van der Waals surface area contributed by atoms with E-state index in [1.807, 2.05) is 16.7 Å². The summed E-state index contributed by atoms with van der Waals surface area (Å²) < 4.78 is 0.340. The van der Waals surface area contributed by atoms with E-state index >= 15 is 0 Å². The highest BCUT2D eigenvalue weighted by molar-refractivity contribution is 7.99. The number of aromatic nitrogens is 2. The van der Waals surface area contributed by atoms with Gasteiger partial charge in [0.1, 0.15) is 10.2 Å². The largest absolute Gasteiger partial charge is 0.478 e. The predicted molar refractivity (Wildman–Crippen MR) is 65.9 cm³/mol. The van der Waals surface area contributed by atoms with Crippen molar-refractivity contribution in [1.29, 1.82) is 0 Å². The summed E-state index contributed by atoms with van der Waals surface area (Å²) in [6, 6.07) is 1.45. The minimum Gasteiger partial charge on any atom is -0.478 e. The zero-order valence-electron chi connectivity index (χ0n) is 8.47. The molecule has 0 spiro atoms. The molecule has 5 nitrogen and oxygen atoms in total. The number of carboxylic acid groups (broad SMARTS) is 1. The number of carboxylic acids is 1. The number of anilines is 1. The molecule has 2 heterocycles. The molecule has 7 heteroatoms. The Labute approximate surface area is 102 Å². The first-order chi connectivity index (χ1) is 7.68. The highest BCUT2D eigenvalue weighted by Crippen LogP contribution is 2.20. The minimum atomic E-state index is -0.985. The number of carbonyl (C=O) groups is 1. The van der Waals surface area contributed by atoms with Crippen LogP contribution in [-0.2, 0) is 0 Å². The van der Waals surface area contributed by atoms with Gasteiger partial charge in [0.15, 0.2) is 5.82 Å². The Kier molecular flexibility index (Phi) is 3.45. The van der Waals surface area contributed by atoms with Crippen LogP contribution in [0.25, 0.3) is 0 Å². The van der Waals surface area contributed by atoms with Gasteiger partial charge in [0.25, 0.3) is 0 Å². The maximum atomic E-state index is 11.1. The lowest BCUT2D eigenvalue weighted by atomic mass is 10.2. The highest BCUT2D eigenvalue weighted by atomic mass is 32.2. The predicted octanol–water partition coefficient (Wildman–Crippen LogP) is 1.39. The molecule has 0 atom stereocenters. The van der Waals surface area contributed by atoms with Crippen LogP contribution in [0, 0.1) is 4.64 Å². The zero-order valence-corrected chi connectivity index (χ0v) is 10.1. The van der Waals surface area contributed by atoms with E-state index in [1.54, 1.807) is 0 Å². The Morgan fingerprint density at radius 3 is 2.88 bits per heavy atom. The number of aromatic carboxylic acids is 1. The molecule has 0 unspecified atom stereocenters. The molecule has 1 aliphatic rings. The number of H-pyrrole nitrogens is 1. The molecular weight excluding hydrogens is 246 g/mol. The van der Waals surface area contributed by atoms with Crippen LogP contribution in [0.3, 0.4) is 0 Å². The Morgan fingerprint density at radius 1 is 1.56 bits per heavy atom. The summed E-state index contributed by atoms with van der Waals surface area (Å²) in [4.78, 5) is 13.1. The molecule has 1 aromatic rings. The summed E-state index contributed by atoms with van der Waals surface area (Å²) in [6.45, 7) is 1.64. The number of nitrogens with zero attached hydrogens (tertiary/aromatic N) is 2. The van der Waals surface area contributed by atoms with E-state index in [9.17, 15) is 4.79 Å². The summed E-state index contributed by atoms with van der Waals surface area (Å²) in [7, 11) is 0. The third-order valence-corrected chi connectivity index (χ3v) is 3.48. The number of nitrogens with one attached hydrogen (secondary N) is 1. The summed E-state index contributed by atoms with van der Waals surface area (Å²) in [5.41, 5.74) is 0.177. The molecule has 0 aromatic carbocycles. The first-order valence-electron chi connectivity index (χ1n) is 4.84. The van der Waals surface area contributed by atoms with Crippen LogP contribution in [-0.4, -0.2) is 45.9 Å². The van der Waals surface area contributed by atoms with Crippen molar-refractivity contribution < 1.29 is 9.90 Å². The van der Waals surface area contributed by atoms with Crippen molar-refractivity contribution >= 4 is 35.8 Å². The first-order valence-corrected chi connectivity index (χ1v) is 6.40. The summed E-state index contributed by atoms with van der Waals surface area (Å²) >= 11 is 6.74. The smallest absolute Gasteiger partial charge is 0.339 e. The number of thioether (sulfide) groups is 1. The molecule has 1 saturated heterocycles. The van der Waals surface area contributed by atoms with Gasteiger partial charge < -0.3 is 10.0 Å². The molecule has 1 aromatic heterocycles. The monoisotopic (exact) mass is 257 g/mol. The van der Waals surface area contributed by atoms with Gasteiger partial charge in [-0.05, 0) is 6.07 Å². The van der Waals surface area contributed by atoms with Gasteiger partial charge in [-0.15, -0.1) is 0 Å². The van der Waals surface area contributed by atoms with Crippen molar-refractivity contribution in [2.75, 3.05) is 29.5 Å². The molecule has 2 rings (SSSR count). The van der Waals surface area contributed by atoms with Crippen molar-refractivity contribution in [3.63, 3.8) is 0 Å². The van der Waals surface area contributed by atoms with Crippen LogP contribution in [0.5, 0.6) is 0 Å². The summed E-state index contributed by atoms with van der Waals surface area (Å²) in [6.07, 6.45) is 0. The normalized spacial score (nSPS) is 16.1. The Hall–Kier alpha value is -1.08. The molecular formula is C9H11N3O2S2. The van der Waals surface area contributed by atoms with Crippen molar-refractivity contribution in [3.8, 4) is 0 Å². The van der Waals surface area contributed by atoms with E-state index in [1.165, 1.54) is 6.07 Å². The van der Waals surface area contributed by atoms with Gasteiger partial charge in [0.2, 0.25) is 0 Å². The molecule has 0 aliphatic carbocycles. The van der Waals surface area contributed by atoms with E-state index in [-0.39, 0.29) is 5.56 Å². The number of hydrogen-bond acceptors (Lipinski definition) is 5. The second kappa shape index (κ2) is 4.84. The Bertz CT molecular complexity index is 454. The highest BCUT2D eigenvalue weighted by Gasteiger charge is 2.19. The third-order valence-electron chi connectivity index (χ3n) is 2.33. The molecule has 0 radical (unpaired) electrons. The van der Waals surface area contributed by atoms with Crippen LogP contribution in [0.15, 0.2) is 6.07 Å². The van der Waals surface area contributed by atoms with Crippen molar-refractivity contribution in [1.82, 2.24) is 10.2 Å². The van der Waals surface area contributed by atoms with Gasteiger partial charge in [0.05, 0.1) is 0 Å². The van der Waals surface area contributed by atoms with E-state index in [0.717, 1.165) is 24.6 Å². The molecule has 1 fully saturated rings. The lowest BCUT2D eigenvalue weighted by Gasteiger charge is -2.27. The quantitative estimate of drug-likeness (QED) is 0.780. The SMILES string of the molecule is O=C(O)c1cc(=S)[nH]nc1N1CCSCC1. The second-order valence-corrected chi connectivity index (χ2v) is 5.04. The van der Waals surface area contributed by atoms with Gasteiger partial charge in [-0.25, -0.2) is 4.79 Å². The molecule has 0 amide bonds. The zero-order chi connectivity index (χ0) is 11.5. The van der Waals surface area contributed by atoms with Crippen LogP contribution in [0.2, 0.25) is 0 Å². The van der Waals surface area contributed by atoms with E-state index in [2.05, 4.69) is 10.2 Å². The van der Waals surface area contributed by atoms with Gasteiger partial charge >= 0.3 is 5.97 Å².